The van der Waals surface area contributed by atoms with E-state index in [0.29, 0.717) is 16.9 Å². The molecule has 0 aromatic rings. The maximum absolute atomic E-state index is 11.9. The van der Waals surface area contributed by atoms with E-state index in [-0.39, 0.29) is 94.2 Å². The summed E-state index contributed by atoms with van der Waals surface area (Å²) in [7, 11) is 0. The summed E-state index contributed by atoms with van der Waals surface area (Å²) < 4.78 is 28.6. The van der Waals surface area contributed by atoms with E-state index in [2.05, 4.69) is 76.2 Å². The largest absolute Gasteiger partial charge is 0.460 e. The monoisotopic (exact) mass is 1370 g/mol. The summed E-state index contributed by atoms with van der Waals surface area (Å²) in [4.78, 5) is 70.2. The van der Waals surface area contributed by atoms with E-state index in [1.807, 2.05) is 199 Å². The third-order valence-corrected chi connectivity index (χ3v) is 21.5. The molecule has 0 spiro atoms. The lowest BCUT2D eigenvalue weighted by Gasteiger charge is -2.36. The zero-order valence-electron chi connectivity index (χ0n) is 66.5. The van der Waals surface area contributed by atoms with Crippen molar-refractivity contribution in [1.82, 2.24) is 0 Å². The molecule has 2 aliphatic rings. The van der Waals surface area contributed by atoms with E-state index in [4.69, 9.17) is 47.5 Å². The Labute approximate surface area is 582 Å². The van der Waals surface area contributed by atoms with E-state index < -0.39 is 11.0 Å². The third-order valence-electron chi connectivity index (χ3n) is 17.3. The third kappa shape index (κ3) is 44.5. The highest BCUT2D eigenvalue weighted by Gasteiger charge is 2.43. The van der Waals surface area contributed by atoms with Crippen LogP contribution in [0.4, 0.5) is 0 Å². The lowest BCUT2D eigenvalue weighted by molar-refractivity contribution is -0.172. The number of ether oxygens (including phenoxy) is 5. The highest BCUT2D eigenvalue weighted by Crippen LogP contribution is 2.43. The van der Waals surface area contributed by atoms with Crippen molar-refractivity contribution in [3.63, 3.8) is 0 Å². The van der Waals surface area contributed by atoms with Gasteiger partial charge in [-0.25, -0.2) is 0 Å². The second kappa shape index (κ2) is 40.1. The van der Waals surface area contributed by atoms with Crippen molar-refractivity contribution in [2.45, 2.75) is 397 Å². The van der Waals surface area contributed by atoms with Gasteiger partial charge in [-0.05, 0) is 234 Å². The molecule has 0 atom stereocenters. The highest BCUT2D eigenvalue weighted by atomic mass is 35.5. The molecule has 15 heteroatoms. The molecule has 2 rings (SSSR count). The first-order valence-electron chi connectivity index (χ1n) is 34.5. The lowest BCUT2D eigenvalue weighted by atomic mass is 9.85. The number of rotatable bonds is 21. The van der Waals surface area contributed by atoms with Crippen molar-refractivity contribution < 1.29 is 52.5 Å². The van der Waals surface area contributed by atoms with Crippen LogP contribution < -0.4 is 0 Å². The van der Waals surface area contributed by atoms with Crippen LogP contribution >= 0.6 is 47.3 Å². The van der Waals surface area contributed by atoms with Crippen molar-refractivity contribution in [2.24, 2.45) is 43.8 Å². The van der Waals surface area contributed by atoms with Gasteiger partial charge in [0, 0.05) is 20.3 Å². The second-order valence-corrected chi connectivity index (χ2v) is 39.2. The van der Waals surface area contributed by atoms with Crippen LogP contribution in [0, 0.1) is 43.8 Å². The molecule has 2 saturated carbocycles. The van der Waals surface area contributed by atoms with Crippen molar-refractivity contribution in [3.05, 3.63) is 0 Å². The van der Waals surface area contributed by atoms with Crippen LogP contribution in [0.15, 0.2) is 0 Å². The average Bonchev–Trinajstić information content (AvgIpc) is 1.88. The van der Waals surface area contributed by atoms with Crippen LogP contribution in [0.5, 0.6) is 0 Å². The van der Waals surface area contributed by atoms with Gasteiger partial charge in [-0.3, -0.25) is 28.8 Å². The molecule has 0 radical (unpaired) electrons. The SMILES string of the molecule is CCC(C)(C)C(=O)OC(C)(C)C.CCC(C)(C)C(=O)OC(C)(C)C1CC1.CCC(C)(C)C(=O)OC(C)(C)CCl.CCC(C)(C)C(=O)OC1(C)CCCCC1.CCC(C)(C)C(=O)SC(C)(C)C.CCC(C)(C)C(=S)SC(C)(C)C.CCC(C)(C)OC(=O)C(C)(C)CC. The Hall–Kier alpha value is -1.90. The van der Waals surface area contributed by atoms with Crippen molar-refractivity contribution in [2.75, 3.05) is 5.88 Å². The molecule has 91 heavy (non-hydrogen) atoms. The Balaban J connectivity index is -0.000000317. The van der Waals surface area contributed by atoms with Gasteiger partial charge in [0.1, 0.15) is 28.0 Å². The lowest BCUT2D eigenvalue weighted by Crippen LogP contribution is -2.38. The summed E-state index contributed by atoms with van der Waals surface area (Å²) in [6.45, 7) is 76.0. The number of carbonyl (C=O) groups excluding carboxylic acids is 6. The summed E-state index contributed by atoms with van der Waals surface area (Å²) in [6, 6.07) is 0. The van der Waals surface area contributed by atoms with Gasteiger partial charge < -0.3 is 23.7 Å². The zero-order chi connectivity index (χ0) is 73.9. The van der Waals surface area contributed by atoms with Gasteiger partial charge in [0.2, 0.25) is 0 Å². The molecule has 0 unspecified atom stereocenters. The van der Waals surface area contributed by atoms with Crippen LogP contribution in [0.1, 0.15) is 359 Å². The molecule has 0 aliphatic heterocycles. The maximum atomic E-state index is 11.9. The van der Waals surface area contributed by atoms with Crippen molar-refractivity contribution in [3.8, 4) is 0 Å². The number of halogens is 1. The van der Waals surface area contributed by atoms with Crippen LogP contribution in [0.2, 0.25) is 0 Å². The molecule has 2 fully saturated rings. The van der Waals surface area contributed by atoms with E-state index in [1.54, 1.807) is 0 Å². The highest BCUT2D eigenvalue weighted by molar-refractivity contribution is 8.24. The number of hydrogen-bond acceptors (Lipinski definition) is 14. The Morgan fingerprint density at radius 1 is 0.396 bits per heavy atom. The number of thioether (sulfide) groups is 2. The summed E-state index contributed by atoms with van der Waals surface area (Å²) in [6.07, 6.45) is 15.0. The molecule has 0 aromatic carbocycles. The van der Waals surface area contributed by atoms with Gasteiger partial charge in [0.25, 0.3) is 0 Å². The smallest absolute Gasteiger partial charge is 0.312 e. The van der Waals surface area contributed by atoms with E-state index in [0.717, 1.165) is 68.4 Å². The van der Waals surface area contributed by atoms with Gasteiger partial charge in [-0.1, -0.05) is 155 Å². The first kappa shape index (κ1) is 97.8. The normalized spacial score (nSPS) is 15.1. The minimum absolute atomic E-state index is 0.0330. The first-order chi connectivity index (χ1) is 40.3. The van der Waals surface area contributed by atoms with E-state index in [1.165, 1.54) is 43.9 Å². The van der Waals surface area contributed by atoms with Crippen molar-refractivity contribution in [1.29, 1.82) is 0 Å². The average molecular weight is 1370 g/mol. The molecule has 542 valence electrons. The van der Waals surface area contributed by atoms with Gasteiger partial charge in [-0.2, -0.15) is 0 Å². The van der Waals surface area contributed by atoms with Gasteiger partial charge in [0.15, 0.2) is 5.12 Å². The number of carbonyl (C=O) groups is 6. The molecule has 0 N–H and O–H groups in total. The molecule has 0 heterocycles. The fourth-order valence-electron chi connectivity index (χ4n) is 6.14. The molecule has 0 amide bonds. The molecule has 0 bridgehead atoms. The maximum Gasteiger partial charge on any atom is 0.312 e. The van der Waals surface area contributed by atoms with E-state index in [9.17, 15) is 28.8 Å². The predicted molar refractivity (Wildman–Crippen MR) is 398 cm³/mol. The minimum atomic E-state index is -0.564. The summed E-state index contributed by atoms with van der Waals surface area (Å²) >= 11 is 14.3. The summed E-state index contributed by atoms with van der Waals surface area (Å²) in [5.74, 6) is 0.420. The Morgan fingerprint density at radius 3 is 0.967 bits per heavy atom. The molecule has 0 aromatic heterocycles. The van der Waals surface area contributed by atoms with Crippen LogP contribution in [-0.4, -0.2) is 82.5 Å². The summed E-state index contributed by atoms with van der Waals surface area (Å²) in [5.41, 5.74) is -3.48. The minimum Gasteiger partial charge on any atom is -0.460 e. The van der Waals surface area contributed by atoms with Crippen LogP contribution in [-0.2, 0) is 52.5 Å². The molecular formula is C76H147ClO11S3. The molecule has 11 nitrogen and oxygen atoms in total. The number of esters is 5. The Morgan fingerprint density at radius 2 is 0.692 bits per heavy atom. The molecular weight excluding hydrogens is 1220 g/mol. The van der Waals surface area contributed by atoms with Crippen LogP contribution in [0.25, 0.3) is 0 Å². The Bertz CT molecular complexity index is 2030. The Kier molecular flexibility index (Phi) is 43.1. The van der Waals surface area contributed by atoms with E-state index >= 15 is 0 Å². The summed E-state index contributed by atoms with van der Waals surface area (Å²) in [5, 5.41) is 0.303. The van der Waals surface area contributed by atoms with Gasteiger partial charge in [0.05, 0.1) is 37.2 Å². The topological polar surface area (TPSA) is 149 Å². The molecule has 2 aliphatic carbocycles. The number of thiocarbonyl (C=S) groups is 1. The standard InChI is InChI=1S/C13H24O2.C12H22O2.C11H22O2.C10H19ClO2.C10H20O2.C10H20OS.C10H20S2/c1-5-12(2,3)11(14)15-13(4)9-7-6-8-10-13;1-6-11(2,3)10(13)14-12(4,5)9-7-8-9;1-7-10(3,4)9(12)13-11(5,6)8-2;1-6-9(2,3)8(12)13-10(4,5)7-11;3*1-7-10(5,6)8(11)12-9(2,3)4/h5-10H2,1-4H3;9H,6-8H2,1-5H3;7-8H2,1-6H3;6-7H2,1-5H3;3*7H2,1-6H3. The van der Waals surface area contributed by atoms with Gasteiger partial charge in [-0.15, -0.1) is 23.4 Å². The van der Waals surface area contributed by atoms with Crippen LogP contribution in [0.3, 0.4) is 0 Å². The molecule has 0 saturated heterocycles. The fourth-order valence-corrected chi connectivity index (χ4v) is 9.04. The number of hydrogen-bond donors (Lipinski definition) is 0. The first-order valence-corrected chi connectivity index (χ1v) is 37.0. The quantitative estimate of drug-likeness (QED) is 0.0464. The predicted octanol–water partition coefficient (Wildman–Crippen LogP) is 23.5. The van der Waals surface area contributed by atoms with Crippen molar-refractivity contribution >= 4 is 86.5 Å². The van der Waals surface area contributed by atoms with Gasteiger partial charge >= 0.3 is 29.8 Å². The zero-order valence-corrected chi connectivity index (χ0v) is 69.7. The second-order valence-electron chi connectivity index (χ2n) is 34.6. The fraction of sp³-hybridized carbons (Fsp3) is 0.908. The number of alkyl halides is 1.